The van der Waals surface area contributed by atoms with E-state index in [-0.39, 0.29) is 11.5 Å². The third-order valence-electron chi connectivity index (χ3n) is 3.42. The molecule has 2 aromatic carbocycles. The first-order chi connectivity index (χ1) is 12.4. The van der Waals surface area contributed by atoms with Crippen LogP contribution < -0.4 is 10.1 Å². The lowest BCUT2D eigenvalue weighted by Gasteiger charge is -2.07. The van der Waals surface area contributed by atoms with Gasteiger partial charge in [-0.25, -0.2) is 4.79 Å². The van der Waals surface area contributed by atoms with Gasteiger partial charge in [0.05, 0.1) is 5.69 Å². The fourth-order valence-corrected chi connectivity index (χ4v) is 3.16. The summed E-state index contributed by atoms with van der Waals surface area (Å²) in [6, 6.07) is 12.8. The molecule has 3 aromatic rings. The number of carbonyl (C=O) groups excluding carboxylic acids is 2. The molecule has 0 aliphatic rings. The van der Waals surface area contributed by atoms with Gasteiger partial charge in [0.15, 0.2) is 0 Å². The van der Waals surface area contributed by atoms with E-state index in [1.54, 1.807) is 55.5 Å². The van der Waals surface area contributed by atoms with Gasteiger partial charge < -0.3 is 10.1 Å². The van der Waals surface area contributed by atoms with Crippen LogP contribution in [0.15, 0.2) is 48.5 Å². The smallest absolute Gasteiger partial charge is 0.348 e. The molecule has 1 N–H and O–H groups in total. The second-order valence-corrected chi connectivity index (χ2v) is 6.92. The van der Waals surface area contributed by atoms with Crippen LogP contribution in [0, 0.1) is 6.92 Å². The molecule has 0 aliphatic carbocycles. The van der Waals surface area contributed by atoms with E-state index < -0.39 is 5.97 Å². The number of halogens is 2. The zero-order chi connectivity index (χ0) is 18.7. The highest BCUT2D eigenvalue weighted by Crippen LogP contribution is 2.27. The van der Waals surface area contributed by atoms with E-state index in [9.17, 15) is 9.59 Å². The quantitative estimate of drug-likeness (QED) is 0.475. The molecule has 0 saturated heterocycles. The highest BCUT2D eigenvalue weighted by Gasteiger charge is 2.22. The summed E-state index contributed by atoms with van der Waals surface area (Å²) in [7, 11) is 0. The number of nitrogens with zero attached hydrogens (tertiary/aromatic N) is 1. The highest BCUT2D eigenvalue weighted by molar-refractivity contribution is 7.11. The number of anilines is 1. The molecule has 0 bridgehead atoms. The molecular weight excluding hydrogens is 395 g/mol. The summed E-state index contributed by atoms with van der Waals surface area (Å²) in [4.78, 5) is 24.9. The maximum absolute atomic E-state index is 12.5. The van der Waals surface area contributed by atoms with Crippen LogP contribution in [0.2, 0.25) is 10.0 Å². The number of aromatic nitrogens is 1. The first-order valence-corrected chi connectivity index (χ1v) is 8.98. The van der Waals surface area contributed by atoms with E-state index in [0.29, 0.717) is 32.1 Å². The first kappa shape index (κ1) is 18.4. The summed E-state index contributed by atoms with van der Waals surface area (Å²) in [5, 5.41) is 4.08. The number of carbonyl (C=O) groups is 2. The molecule has 0 spiro atoms. The number of rotatable bonds is 4. The van der Waals surface area contributed by atoms with Gasteiger partial charge in [-0.15, -0.1) is 0 Å². The number of esters is 1. The van der Waals surface area contributed by atoms with E-state index in [0.717, 1.165) is 11.5 Å². The van der Waals surface area contributed by atoms with Crippen molar-refractivity contribution in [3.63, 3.8) is 0 Å². The number of aryl methyl sites for hydroxylation is 1. The maximum atomic E-state index is 12.5. The van der Waals surface area contributed by atoms with Crippen LogP contribution in [0.1, 0.15) is 26.4 Å². The average Bonchev–Trinajstić information content (AvgIpc) is 2.98. The minimum Gasteiger partial charge on any atom is -0.423 e. The third kappa shape index (κ3) is 4.22. The average molecular weight is 407 g/mol. The van der Waals surface area contributed by atoms with Crippen molar-refractivity contribution in [1.29, 1.82) is 0 Å². The molecule has 132 valence electrons. The molecule has 5 nitrogen and oxygen atoms in total. The summed E-state index contributed by atoms with van der Waals surface area (Å²) in [6.07, 6.45) is 0. The fraction of sp³-hybridized carbons (Fsp3) is 0.0556. The molecule has 3 rings (SSSR count). The van der Waals surface area contributed by atoms with Gasteiger partial charge in [0, 0.05) is 15.6 Å². The summed E-state index contributed by atoms with van der Waals surface area (Å²) < 4.78 is 9.48. The van der Waals surface area contributed by atoms with Gasteiger partial charge in [-0.3, -0.25) is 4.79 Å². The normalized spacial score (nSPS) is 10.4. The van der Waals surface area contributed by atoms with Crippen LogP contribution in [-0.4, -0.2) is 16.3 Å². The van der Waals surface area contributed by atoms with E-state index in [1.807, 2.05) is 0 Å². The van der Waals surface area contributed by atoms with E-state index in [2.05, 4.69) is 9.69 Å². The van der Waals surface area contributed by atoms with Gasteiger partial charge in [0.2, 0.25) is 0 Å². The Balaban J connectivity index is 1.79. The molecule has 0 radical (unpaired) electrons. The van der Waals surface area contributed by atoms with Gasteiger partial charge in [0.25, 0.3) is 5.91 Å². The number of nitrogens with one attached hydrogen (secondary N) is 1. The number of benzene rings is 2. The molecule has 1 aromatic heterocycles. The SMILES string of the molecule is Cc1nsc(NC(=O)c2ccc(Cl)cc2)c1C(=O)Oc1ccc(Cl)cc1. The third-order valence-corrected chi connectivity index (χ3v) is 4.78. The number of hydrogen-bond donors (Lipinski definition) is 1. The molecule has 0 aliphatic heterocycles. The number of amides is 1. The van der Waals surface area contributed by atoms with Crippen molar-refractivity contribution < 1.29 is 14.3 Å². The first-order valence-electron chi connectivity index (χ1n) is 7.45. The summed E-state index contributed by atoms with van der Waals surface area (Å²) in [6.45, 7) is 1.67. The summed E-state index contributed by atoms with van der Waals surface area (Å²) in [5.41, 5.74) is 1.10. The molecule has 26 heavy (non-hydrogen) atoms. The Morgan fingerprint density at radius 2 is 1.58 bits per heavy atom. The Labute approximate surface area is 163 Å². The predicted molar refractivity (Wildman–Crippen MR) is 103 cm³/mol. The molecule has 0 saturated carbocycles. The second-order valence-electron chi connectivity index (χ2n) is 5.28. The Bertz CT molecular complexity index is 954. The molecular formula is C18H12Cl2N2O3S. The van der Waals surface area contributed by atoms with Crippen molar-refractivity contribution >= 4 is 51.6 Å². The topological polar surface area (TPSA) is 68.3 Å². The molecule has 0 fully saturated rings. The van der Waals surface area contributed by atoms with Crippen molar-refractivity contribution in [2.24, 2.45) is 0 Å². The van der Waals surface area contributed by atoms with Gasteiger partial charge in [-0.2, -0.15) is 4.37 Å². The van der Waals surface area contributed by atoms with Crippen LogP contribution in [0.4, 0.5) is 5.00 Å². The highest BCUT2D eigenvalue weighted by atomic mass is 35.5. The summed E-state index contributed by atoms with van der Waals surface area (Å²) in [5.74, 6) is -0.629. The molecule has 1 amide bonds. The minimum absolute atomic E-state index is 0.215. The van der Waals surface area contributed by atoms with Gasteiger partial charge in [-0.1, -0.05) is 23.2 Å². The van der Waals surface area contributed by atoms with Crippen molar-refractivity contribution in [2.75, 3.05) is 5.32 Å². The Morgan fingerprint density at radius 3 is 2.19 bits per heavy atom. The molecule has 0 atom stereocenters. The number of hydrogen-bond acceptors (Lipinski definition) is 5. The summed E-state index contributed by atoms with van der Waals surface area (Å²) >= 11 is 12.7. The molecule has 1 heterocycles. The lowest BCUT2D eigenvalue weighted by Crippen LogP contribution is -2.16. The minimum atomic E-state index is -0.607. The van der Waals surface area contributed by atoms with Crippen molar-refractivity contribution in [3.8, 4) is 5.75 Å². The van der Waals surface area contributed by atoms with E-state index in [1.165, 1.54) is 0 Å². The van der Waals surface area contributed by atoms with Crippen molar-refractivity contribution in [1.82, 2.24) is 4.37 Å². The second kappa shape index (κ2) is 7.86. The standard InChI is InChI=1S/C18H12Cl2N2O3S/c1-10-15(18(24)25-14-8-6-13(20)7-9-14)17(26-22-10)21-16(23)11-2-4-12(19)5-3-11/h2-9H,1H3,(H,21,23). The maximum Gasteiger partial charge on any atom is 0.348 e. The predicted octanol–water partition coefficient (Wildman–Crippen LogP) is 5.23. The zero-order valence-electron chi connectivity index (χ0n) is 13.5. The van der Waals surface area contributed by atoms with Crippen molar-refractivity contribution in [3.05, 3.63) is 75.4 Å². The molecule has 8 heteroatoms. The van der Waals surface area contributed by atoms with Gasteiger partial charge in [0.1, 0.15) is 16.3 Å². The zero-order valence-corrected chi connectivity index (χ0v) is 15.8. The largest absolute Gasteiger partial charge is 0.423 e. The molecule has 0 unspecified atom stereocenters. The van der Waals surface area contributed by atoms with Gasteiger partial charge in [-0.05, 0) is 67.0 Å². The van der Waals surface area contributed by atoms with Gasteiger partial charge >= 0.3 is 5.97 Å². The monoisotopic (exact) mass is 406 g/mol. The Kier molecular flexibility index (Phi) is 5.56. The fourth-order valence-electron chi connectivity index (χ4n) is 2.13. The van der Waals surface area contributed by atoms with Crippen LogP contribution >= 0.6 is 34.7 Å². The van der Waals surface area contributed by atoms with E-state index in [4.69, 9.17) is 27.9 Å². The number of ether oxygens (including phenoxy) is 1. The van der Waals surface area contributed by atoms with Crippen LogP contribution in [0.25, 0.3) is 0 Å². The lowest BCUT2D eigenvalue weighted by atomic mass is 10.2. The van der Waals surface area contributed by atoms with Crippen LogP contribution in [-0.2, 0) is 0 Å². The van der Waals surface area contributed by atoms with Crippen molar-refractivity contribution in [2.45, 2.75) is 6.92 Å². The lowest BCUT2D eigenvalue weighted by molar-refractivity contribution is 0.0735. The Hall–Kier alpha value is -2.41. The Morgan fingerprint density at radius 1 is 1.00 bits per heavy atom. The van der Waals surface area contributed by atoms with E-state index >= 15 is 0 Å². The van der Waals surface area contributed by atoms with Crippen LogP contribution in [0.5, 0.6) is 5.75 Å². The van der Waals surface area contributed by atoms with Crippen LogP contribution in [0.3, 0.4) is 0 Å².